The van der Waals surface area contributed by atoms with E-state index in [1.165, 1.54) is 12.3 Å². The van der Waals surface area contributed by atoms with Crippen molar-refractivity contribution in [2.75, 3.05) is 6.54 Å². The molecule has 0 aromatic carbocycles. The molecule has 0 aliphatic rings. The molecule has 0 aliphatic heterocycles. The number of H-pyrrole nitrogens is 1. The first kappa shape index (κ1) is 10.9. The molecule has 0 amide bonds. The minimum Gasteiger partial charge on any atom is -0.469 e. The number of hydrogen-bond acceptors (Lipinski definition) is 4. The van der Waals surface area contributed by atoms with Gasteiger partial charge in [0.25, 0.3) is 10.0 Å². The highest BCUT2D eigenvalue weighted by molar-refractivity contribution is 7.89. The molecule has 0 unspecified atom stereocenters. The van der Waals surface area contributed by atoms with E-state index in [1.807, 2.05) is 0 Å². The van der Waals surface area contributed by atoms with Gasteiger partial charge in [0.15, 0.2) is 5.03 Å². The summed E-state index contributed by atoms with van der Waals surface area (Å²) in [6.45, 7) is 0.287. The molecule has 0 saturated carbocycles. The summed E-state index contributed by atoms with van der Waals surface area (Å²) in [7, 11) is -3.48. The minimum atomic E-state index is -3.48. The molecule has 0 aliphatic carbocycles. The first-order valence-electron chi connectivity index (χ1n) is 4.70. The summed E-state index contributed by atoms with van der Waals surface area (Å²) in [6.07, 6.45) is 3.46. The van der Waals surface area contributed by atoms with E-state index in [0.717, 1.165) is 5.76 Å². The Labute approximate surface area is 92.7 Å². The SMILES string of the molecule is O=S(=O)(NCCc1ccco1)c1ccn[nH]1. The highest BCUT2D eigenvalue weighted by atomic mass is 32.2. The maximum Gasteiger partial charge on any atom is 0.257 e. The molecule has 2 heterocycles. The molecule has 0 spiro atoms. The van der Waals surface area contributed by atoms with E-state index in [-0.39, 0.29) is 11.6 Å². The third-order valence-corrected chi connectivity index (χ3v) is 3.40. The normalized spacial score (nSPS) is 11.8. The molecule has 16 heavy (non-hydrogen) atoms. The lowest BCUT2D eigenvalue weighted by Crippen LogP contribution is -2.26. The van der Waals surface area contributed by atoms with E-state index in [1.54, 1.807) is 18.4 Å². The van der Waals surface area contributed by atoms with Crippen LogP contribution >= 0.6 is 0 Å². The molecule has 7 heteroatoms. The van der Waals surface area contributed by atoms with Crippen molar-refractivity contribution in [3.05, 3.63) is 36.4 Å². The van der Waals surface area contributed by atoms with Crippen molar-refractivity contribution in [3.63, 3.8) is 0 Å². The number of sulfonamides is 1. The van der Waals surface area contributed by atoms with Gasteiger partial charge >= 0.3 is 0 Å². The fourth-order valence-corrected chi connectivity index (χ4v) is 2.17. The Hall–Kier alpha value is -1.60. The Bertz CT molecular complexity index is 516. The summed E-state index contributed by atoms with van der Waals surface area (Å²) in [5.74, 6) is 0.743. The average Bonchev–Trinajstić information content (AvgIpc) is 2.90. The van der Waals surface area contributed by atoms with Crippen molar-refractivity contribution in [1.82, 2.24) is 14.9 Å². The third kappa shape index (κ3) is 2.50. The zero-order valence-electron chi connectivity index (χ0n) is 8.38. The summed E-state index contributed by atoms with van der Waals surface area (Å²) < 4.78 is 30.7. The van der Waals surface area contributed by atoms with Crippen molar-refractivity contribution in [1.29, 1.82) is 0 Å². The van der Waals surface area contributed by atoms with Gasteiger partial charge in [0.1, 0.15) is 5.76 Å². The zero-order valence-corrected chi connectivity index (χ0v) is 9.20. The Morgan fingerprint density at radius 1 is 1.44 bits per heavy atom. The van der Waals surface area contributed by atoms with Gasteiger partial charge in [-0.25, -0.2) is 13.1 Å². The smallest absolute Gasteiger partial charge is 0.257 e. The van der Waals surface area contributed by atoms with Crippen LogP contribution in [0.4, 0.5) is 0 Å². The summed E-state index contributed by atoms with van der Waals surface area (Å²) in [5, 5.41) is 6.04. The van der Waals surface area contributed by atoms with Gasteiger partial charge < -0.3 is 4.42 Å². The van der Waals surface area contributed by atoms with E-state index in [9.17, 15) is 8.42 Å². The lowest BCUT2D eigenvalue weighted by Gasteiger charge is -2.02. The number of nitrogens with one attached hydrogen (secondary N) is 2. The molecule has 2 aromatic heterocycles. The molecule has 86 valence electrons. The maximum atomic E-state index is 11.6. The third-order valence-electron chi connectivity index (χ3n) is 2.01. The number of aromatic amines is 1. The monoisotopic (exact) mass is 241 g/mol. The molecule has 6 nitrogen and oxygen atoms in total. The van der Waals surface area contributed by atoms with Crippen molar-refractivity contribution in [2.24, 2.45) is 0 Å². The van der Waals surface area contributed by atoms with Gasteiger partial charge in [-0.2, -0.15) is 5.10 Å². The topological polar surface area (TPSA) is 88.0 Å². The largest absolute Gasteiger partial charge is 0.469 e. The van der Waals surface area contributed by atoms with Crippen LogP contribution in [0.3, 0.4) is 0 Å². The van der Waals surface area contributed by atoms with Crippen LogP contribution in [-0.4, -0.2) is 25.2 Å². The first-order valence-corrected chi connectivity index (χ1v) is 6.18. The lowest BCUT2D eigenvalue weighted by atomic mass is 10.3. The molecule has 0 radical (unpaired) electrons. The molecular formula is C9H11N3O3S. The van der Waals surface area contributed by atoms with Crippen molar-refractivity contribution >= 4 is 10.0 Å². The molecule has 0 saturated heterocycles. The molecule has 2 rings (SSSR count). The van der Waals surface area contributed by atoms with Crippen molar-refractivity contribution in [2.45, 2.75) is 11.4 Å². The quantitative estimate of drug-likeness (QED) is 0.799. The van der Waals surface area contributed by atoms with Gasteiger partial charge in [-0.05, 0) is 18.2 Å². The second-order valence-electron chi connectivity index (χ2n) is 3.15. The number of aromatic nitrogens is 2. The van der Waals surface area contributed by atoms with Gasteiger partial charge in [0, 0.05) is 13.0 Å². The lowest BCUT2D eigenvalue weighted by molar-refractivity contribution is 0.505. The number of hydrogen-bond donors (Lipinski definition) is 2. The minimum absolute atomic E-state index is 0.0620. The van der Waals surface area contributed by atoms with Crippen LogP contribution in [0.2, 0.25) is 0 Å². The van der Waals surface area contributed by atoms with Crippen molar-refractivity contribution in [3.8, 4) is 0 Å². The van der Waals surface area contributed by atoms with E-state index in [0.29, 0.717) is 6.42 Å². The number of furan rings is 1. The second kappa shape index (κ2) is 4.50. The second-order valence-corrected chi connectivity index (χ2v) is 4.88. The standard InChI is InChI=1S/C9H11N3O3S/c13-16(14,9-4-5-10-12-9)11-6-3-8-2-1-7-15-8/h1-2,4-5,7,11H,3,6H2,(H,10,12). The average molecular weight is 241 g/mol. The van der Waals surface area contributed by atoms with E-state index in [4.69, 9.17) is 4.42 Å². The van der Waals surface area contributed by atoms with Crippen LogP contribution < -0.4 is 4.72 Å². The van der Waals surface area contributed by atoms with Crippen LogP contribution in [0, 0.1) is 0 Å². The Kier molecular flexibility index (Phi) is 3.07. The van der Waals surface area contributed by atoms with Crippen LogP contribution in [0.5, 0.6) is 0 Å². The molecular weight excluding hydrogens is 230 g/mol. The fourth-order valence-electron chi connectivity index (χ4n) is 1.23. The highest BCUT2D eigenvalue weighted by Crippen LogP contribution is 2.03. The van der Waals surface area contributed by atoms with Crippen molar-refractivity contribution < 1.29 is 12.8 Å². The van der Waals surface area contributed by atoms with Gasteiger partial charge in [-0.1, -0.05) is 0 Å². The molecule has 0 bridgehead atoms. The zero-order chi connectivity index (χ0) is 11.4. The Morgan fingerprint density at radius 3 is 2.94 bits per heavy atom. The van der Waals surface area contributed by atoms with E-state index < -0.39 is 10.0 Å². The van der Waals surface area contributed by atoms with Gasteiger partial charge in [0.05, 0.1) is 12.5 Å². The number of rotatable bonds is 5. The van der Waals surface area contributed by atoms with Crippen LogP contribution in [0.1, 0.15) is 5.76 Å². The fraction of sp³-hybridized carbons (Fsp3) is 0.222. The summed E-state index contributed by atoms with van der Waals surface area (Å²) in [5.41, 5.74) is 0. The van der Waals surface area contributed by atoms with Crippen LogP contribution in [-0.2, 0) is 16.4 Å². The summed E-state index contributed by atoms with van der Waals surface area (Å²) in [4.78, 5) is 0. The van der Waals surface area contributed by atoms with E-state index >= 15 is 0 Å². The summed E-state index contributed by atoms with van der Waals surface area (Å²) >= 11 is 0. The summed E-state index contributed by atoms with van der Waals surface area (Å²) in [6, 6.07) is 4.96. The molecule has 0 atom stereocenters. The molecule has 2 aromatic rings. The Morgan fingerprint density at radius 2 is 2.31 bits per heavy atom. The highest BCUT2D eigenvalue weighted by Gasteiger charge is 2.14. The number of nitrogens with zero attached hydrogens (tertiary/aromatic N) is 1. The van der Waals surface area contributed by atoms with Crippen LogP contribution in [0.25, 0.3) is 0 Å². The molecule has 2 N–H and O–H groups in total. The predicted molar refractivity (Wildman–Crippen MR) is 56.2 cm³/mol. The molecule has 0 fully saturated rings. The maximum absolute atomic E-state index is 11.6. The Balaban J connectivity index is 1.91. The van der Waals surface area contributed by atoms with Gasteiger partial charge in [-0.3, -0.25) is 5.10 Å². The predicted octanol–water partition coefficient (Wildman–Crippen LogP) is 0.524. The first-order chi connectivity index (χ1) is 7.68. The van der Waals surface area contributed by atoms with E-state index in [2.05, 4.69) is 14.9 Å². The van der Waals surface area contributed by atoms with Gasteiger partial charge in [0.2, 0.25) is 0 Å². The van der Waals surface area contributed by atoms with Crippen LogP contribution in [0.15, 0.2) is 40.1 Å². The van der Waals surface area contributed by atoms with Gasteiger partial charge in [-0.15, -0.1) is 0 Å².